The Hall–Kier alpha value is 0.110. The number of nitrogens with zero attached hydrogens (tertiary/aromatic N) is 1. The lowest BCUT2D eigenvalue weighted by Gasteiger charge is -2.10. The van der Waals surface area contributed by atoms with Gasteiger partial charge < -0.3 is 0 Å². The first-order valence-electron chi connectivity index (χ1n) is 4.81. The van der Waals surface area contributed by atoms with Crippen LogP contribution in [0.5, 0.6) is 0 Å². The Labute approximate surface area is 91.7 Å². The number of hydrogen-bond acceptors (Lipinski definition) is 2. The molecule has 1 aromatic heterocycles. The van der Waals surface area contributed by atoms with Gasteiger partial charge >= 0.3 is 0 Å². The molecule has 3 heteroatoms. The number of aryl methyl sites for hydroxylation is 1. The molecule has 0 N–H and O–H groups in total. The summed E-state index contributed by atoms with van der Waals surface area (Å²) < 4.78 is 0. The van der Waals surface area contributed by atoms with E-state index in [1.807, 2.05) is 0 Å². The van der Waals surface area contributed by atoms with Crippen LogP contribution in [0.1, 0.15) is 30.0 Å². The van der Waals surface area contributed by atoms with E-state index in [1.165, 1.54) is 36.4 Å². The monoisotopic (exact) mass is 259 g/mol. The van der Waals surface area contributed by atoms with Crippen LogP contribution in [0.2, 0.25) is 0 Å². The van der Waals surface area contributed by atoms with E-state index < -0.39 is 0 Å². The minimum atomic E-state index is 0.733. The van der Waals surface area contributed by atoms with Crippen LogP contribution in [-0.2, 0) is 6.42 Å². The van der Waals surface area contributed by atoms with Gasteiger partial charge in [-0.25, -0.2) is 4.98 Å². The molecule has 0 amide bonds. The Morgan fingerprint density at radius 1 is 1.62 bits per heavy atom. The minimum absolute atomic E-state index is 0.733. The fraction of sp³-hybridized carbons (Fsp3) is 0.700. The zero-order valence-corrected chi connectivity index (χ0v) is 10.2. The number of alkyl halides is 1. The Morgan fingerprint density at radius 3 is 3.00 bits per heavy atom. The third-order valence-corrected chi connectivity index (χ3v) is 4.86. The highest BCUT2D eigenvalue weighted by atomic mass is 79.9. The Kier molecular flexibility index (Phi) is 3.04. The molecule has 0 aromatic carbocycles. The summed E-state index contributed by atoms with van der Waals surface area (Å²) in [5, 5.41) is 3.46. The first-order valence-corrected chi connectivity index (χ1v) is 6.60. The molecule has 1 nitrogen and oxygen atoms in total. The summed E-state index contributed by atoms with van der Waals surface area (Å²) >= 11 is 5.55. The molecule has 1 aliphatic rings. The molecule has 72 valence electrons. The van der Waals surface area contributed by atoms with Gasteiger partial charge in [0.15, 0.2) is 0 Å². The van der Waals surface area contributed by atoms with Crippen LogP contribution >= 0.6 is 27.3 Å². The fourth-order valence-corrected chi connectivity index (χ4v) is 3.58. The van der Waals surface area contributed by atoms with Gasteiger partial charge in [-0.1, -0.05) is 22.4 Å². The van der Waals surface area contributed by atoms with Crippen molar-refractivity contribution in [2.24, 2.45) is 5.92 Å². The van der Waals surface area contributed by atoms with E-state index in [-0.39, 0.29) is 0 Å². The van der Waals surface area contributed by atoms with Crippen LogP contribution in [0.4, 0.5) is 0 Å². The minimum Gasteiger partial charge on any atom is -0.247 e. The lowest BCUT2D eigenvalue weighted by Crippen LogP contribution is -2.09. The molecule has 2 rings (SSSR count). The lowest BCUT2D eigenvalue weighted by atomic mass is 10.1. The summed E-state index contributed by atoms with van der Waals surface area (Å²) in [5.74, 6) is 0.825. The predicted molar refractivity (Wildman–Crippen MR) is 60.6 cm³/mol. The molecule has 0 spiro atoms. The smallest absolute Gasteiger partial charge is 0.0931 e. The second-order valence-electron chi connectivity index (χ2n) is 3.79. The first-order chi connectivity index (χ1) is 6.25. The predicted octanol–water partition coefficient (Wildman–Crippen LogP) is 3.56. The number of rotatable bonds is 2. The molecule has 1 heterocycles. The topological polar surface area (TPSA) is 12.9 Å². The molecule has 0 bridgehead atoms. The molecule has 1 saturated carbocycles. The summed E-state index contributed by atoms with van der Waals surface area (Å²) in [6, 6.07) is 0. The van der Waals surface area contributed by atoms with Crippen LogP contribution in [0.25, 0.3) is 0 Å². The van der Waals surface area contributed by atoms with Crippen molar-refractivity contribution in [1.82, 2.24) is 4.98 Å². The van der Waals surface area contributed by atoms with Crippen molar-refractivity contribution in [3.05, 3.63) is 16.1 Å². The summed E-state index contributed by atoms with van der Waals surface area (Å²) in [6.07, 6.45) is 5.27. The van der Waals surface area contributed by atoms with E-state index in [2.05, 4.69) is 33.2 Å². The molecule has 1 aliphatic carbocycles. The largest absolute Gasteiger partial charge is 0.247 e. The third kappa shape index (κ3) is 2.32. The van der Waals surface area contributed by atoms with E-state index >= 15 is 0 Å². The number of thiazole rings is 1. The van der Waals surface area contributed by atoms with Crippen molar-refractivity contribution < 1.29 is 0 Å². The summed E-state index contributed by atoms with van der Waals surface area (Å²) in [4.78, 5) is 5.24. The standard InChI is InChI=1S/C10H14BrNS/c1-7-6-13-10(12-7)5-8-3-2-4-9(8)11/h6,8-9H,2-5H2,1H3. The maximum absolute atomic E-state index is 4.51. The maximum Gasteiger partial charge on any atom is 0.0931 e. The van der Waals surface area contributed by atoms with E-state index in [4.69, 9.17) is 0 Å². The number of hydrogen-bond donors (Lipinski definition) is 0. The summed E-state index contributed by atoms with van der Waals surface area (Å²) in [6.45, 7) is 2.07. The SMILES string of the molecule is Cc1csc(CC2CCCC2Br)n1. The molecule has 2 atom stereocenters. The van der Waals surface area contributed by atoms with Crippen LogP contribution in [-0.4, -0.2) is 9.81 Å². The summed E-state index contributed by atoms with van der Waals surface area (Å²) in [7, 11) is 0. The summed E-state index contributed by atoms with van der Waals surface area (Å²) in [5.41, 5.74) is 1.17. The average Bonchev–Trinajstić information content (AvgIpc) is 2.64. The van der Waals surface area contributed by atoms with Gasteiger partial charge in [0.25, 0.3) is 0 Å². The molecular weight excluding hydrogens is 246 g/mol. The van der Waals surface area contributed by atoms with Crippen LogP contribution in [0.3, 0.4) is 0 Å². The van der Waals surface area contributed by atoms with E-state index in [1.54, 1.807) is 11.3 Å². The van der Waals surface area contributed by atoms with E-state index in [0.717, 1.165) is 10.7 Å². The second-order valence-corrected chi connectivity index (χ2v) is 5.91. The van der Waals surface area contributed by atoms with Crippen LogP contribution in [0.15, 0.2) is 5.38 Å². The van der Waals surface area contributed by atoms with E-state index in [0.29, 0.717) is 0 Å². The van der Waals surface area contributed by atoms with Crippen molar-refractivity contribution in [2.75, 3.05) is 0 Å². The zero-order valence-electron chi connectivity index (χ0n) is 7.79. The fourth-order valence-electron chi connectivity index (χ4n) is 1.94. The van der Waals surface area contributed by atoms with Gasteiger partial charge in [-0.15, -0.1) is 11.3 Å². The molecular formula is C10H14BrNS. The van der Waals surface area contributed by atoms with Crippen LogP contribution < -0.4 is 0 Å². The molecule has 1 fully saturated rings. The highest BCUT2D eigenvalue weighted by Crippen LogP contribution is 2.34. The number of halogens is 1. The maximum atomic E-state index is 4.51. The third-order valence-electron chi connectivity index (χ3n) is 2.67. The Bertz CT molecular complexity index is 284. The van der Waals surface area contributed by atoms with Gasteiger partial charge in [0.2, 0.25) is 0 Å². The first kappa shape index (κ1) is 9.66. The molecule has 0 radical (unpaired) electrons. The zero-order chi connectivity index (χ0) is 9.26. The Balaban J connectivity index is 1.97. The Morgan fingerprint density at radius 2 is 2.46 bits per heavy atom. The molecule has 2 unspecified atom stereocenters. The average molecular weight is 260 g/mol. The van der Waals surface area contributed by atoms with Crippen molar-refractivity contribution >= 4 is 27.3 Å². The lowest BCUT2D eigenvalue weighted by molar-refractivity contribution is 0.560. The van der Waals surface area contributed by atoms with Crippen molar-refractivity contribution in [1.29, 1.82) is 0 Å². The van der Waals surface area contributed by atoms with Crippen LogP contribution in [0, 0.1) is 12.8 Å². The van der Waals surface area contributed by atoms with Gasteiger partial charge in [-0.05, 0) is 25.7 Å². The van der Waals surface area contributed by atoms with Gasteiger partial charge in [-0.2, -0.15) is 0 Å². The van der Waals surface area contributed by atoms with Gasteiger partial charge in [0.05, 0.1) is 5.01 Å². The molecule has 1 aromatic rings. The van der Waals surface area contributed by atoms with Gasteiger partial charge in [-0.3, -0.25) is 0 Å². The van der Waals surface area contributed by atoms with Crippen molar-refractivity contribution in [3.63, 3.8) is 0 Å². The van der Waals surface area contributed by atoms with Gasteiger partial charge in [0, 0.05) is 22.3 Å². The van der Waals surface area contributed by atoms with Gasteiger partial charge in [0.1, 0.15) is 0 Å². The second kappa shape index (κ2) is 4.09. The quantitative estimate of drug-likeness (QED) is 0.741. The normalized spacial score (nSPS) is 28.2. The van der Waals surface area contributed by atoms with Crippen molar-refractivity contribution in [2.45, 2.75) is 37.4 Å². The molecule has 0 saturated heterocycles. The van der Waals surface area contributed by atoms with Crippen molar-refractivity contribution in [3.8, 4) is 0 Å². The highest BCUT2D eigenvalue weighted by Gasteiger charge is 2.25. The highest BCUT2D eigenvalue weighted by molar-refractivity contribution is 9.09. The van der Waals surface area contributed by atoms with E-state index in [9.17, 15) is 0 Å². The molecule has 13 heavy (non-hydrogen) atoms. The number of aromatic nitrogens is 1. The molecule has 0 aliphatic heterocycles.